The van der Waals surface area contributed by atoms with Crippen molar-refractivity contribution in [2.75, 3.05) is 6.61 Å². The summed E-state index contributed by atoms with van der Waals surface area (Å²) in [5, 5.41) is 16.6. The van der Waals surface area contributed by atoms with Gasteiger partial charge in [-0.25, -0.2) is 4.98 Å². The van der Waals surface area contributed by atoms with Crippen molar-refractivity contribution in [2.24, 2.45) is 5.92 Å². The zero-order valence-electron chi connectivity index (χ0n) is 13.9. The minimum Gasteiger partial charge on any atom is -0.492 e. The maximum absolute atomic E-state index is 9.40. The van der Waals surface area contributed by atoms with Crippen molar-refractivity contribution >= 4 is 0 Å². The van der Waals surface area contributed by atoms with Crippen LogP contribution >= 0.6 is 0 Å². The van der Waals surface area contributed by atoms with Gasteiger partial charge in [-0.3, -0.25) is 10.1 Å². The molecule has 2 aromatic heterocycles. The third-order valence-corrected chi connectivity index (χ3v) is 4.19. The molecule has 0 amide bonds. The number of aryl methyl sites for hydroxylation is 1. The largest absolute Gasteiger partial charge is 0.492 e. The van der Waals surface area contributed by atoms with Crippen molar-refractivity contribution in [1.29, 1.82) is 5.26 Å². The molecule has 0 bridgehead atoms. The Balaban J connectivity index is 1.60. The van der Waals surface area contributed by atoms with Gasteiger partial charge in [-0.15, -0.1) is 0 Å². The van der Waals surface area contributed by atoms with Gasteiger partial charge in [0.2, 0.25) is 0 Å². The standard InChI is InChI=1S/C19H17N5O/c1-12-8-15(6-7-21-12)19-22-18(23-24-19)14-4-5-17(16(9-14)10-20)25-11-13-2-3-13/h4-9,13H,2-3,11H2,1H3,(H,22,23,24). The van der Waals surface area contributed by atoms with Gasteiger partial charge in [0.1, 0.15) is 11.8 Å². The highest BCUT2D eigenvalue weighted by Crippen LogP contribution is 2.31. The zero-order valence-corrected chi connectivity index (χ0v) is 13.9. The molecule has 1 saturated carbocycles. The molecule has 0 radical (unpaired) electrons. The quantitative estimate of drug-likeness (QED) is 0.773. The molecule has 0 aliphatic heterocycles. The molecule has 1 aromatic carbocycles. The first-order valence-corrected chi connectivity index (χ1v) is 8.25. The van der Waals surface area contributed by atoms with Crippen LogP contribution in [0, 0.1) is 24.2 Å². The normalized spacial score (nSPS) is 13.4. The van der Waals surface area contributed by atoms with Gasteiger partial charge in [-0.1, -0.05) is 0 Å². The van der Waals surface area contributed by atoms with E-state index in [1.165, 1.54) is 12.8 Å². The number of nitrogens with one attached hydrogen (secondary N) is 1. The predicted octanol–water partition coefficient (Wildman–Crippen LogP) is 3.50. The summed E-state index contributed by atoms with van der Waals surface area (Å²) >= 11 is 0. The number of aromatic amines is 1. The number of hydrogen-bond acceptors (Lipinski definition) is 5. The van der Waals surface area contributed by atoms with Crippen LogP contribution < -0.4 is 4.74 Å². The van der Waals surface area contributed by atoms with E-state index in [1.54, 1.807) is 12.3 Å². The molecule has 4 rings (SSSR count). The second kappa shape index (κ2) is 6.36. The van der Waals surface area contributed by atoms with Crippen LogP contribution in [0.15, 0.2) is 36.5 Å². The number of pyridine rings is 1. The Hall–Kier alpha value is -3.20. The Morgan fingerprint density at radius 1 is 1.24 bits per heavy atom. The molecule has 0 spiro atoms. The van der Waals surface area contributed by atoms with E-state index in [0.717, 1.165) is 16.8 Å². The maximum Gasteiger partial charge on any atom is 0.181 e. The smallest absolute Gasteiger partial charge is 0.181 e. The lowest BCUT2D eigenvalue weighted by molar-refractivity contribution is 0.299. The molecule has 6 nitrogen and oxygen atoms in total. The van der Waals surface area contributed by atoms with Gasteiger partial charge in [0.05, 0.1) is 12.2 Å². The minimum absolute atomic E-state index is 0.504. The van der Waals surface area contributed by atoms with Gasteiger partial charge < -0.3 is 4.74 Å². The second-order valence-electron chi connectivity index (χ2n) is 6.27. The summed E-state index contributed by atoms with van der Waals surface area (Å²) in [7, 11) is 0. The molecule has 1 aliphatic rings. The Labute approximate surface area is 145 Å². The summed E-state index contributed by atoms with van der Waals surface area (Å²) in [6.07, 6.45) is 4.18. The summed E-state index contributed by atoms with van der Waals surface area (Å²) in [5.74, 6) is 2.49. The van der Waals surface area contributed by atoms with Crippen molar-refractivity contribution in [3.63, 3.8) is 0 Å². The van der Waals surface area contributed by atoms with E-state index in [4.69, 9.17) is 4.74 Å². The fourth-order valence-electron chi connectivity index (χ4n) is 2.59. The Morgan fingerprint density at radius 3 is 2.88 bits per heavy atom. The first-order valence-electron chi connectivity index (χ1n) is 8.25. The highest BCUT2D eigenvalue weighted by atomic mass is 16.5. The van der Waals surface area contributed by atoms with Crippen LogP contribution in [-0.4, -0.2) is 26.8 Å². The van der Waals surface area contributed by atoms with E-state index in [0.29, 0.717) is 35.5 Å². The number of aromatic nitrogens is 4. The van der Waals surface area contributed by atoms with Crippen LogP contribution in [0.3, 0.4) is 0 Å². The predicted molar refractivity (Wildman–Crippen MR) is 92.7 cm³/mol. The maximum atomic E-state index is 9.40. The lowest BCUT2D eigenvalue weighted by atomic mass is 10.1. The molecule has 25 heavy (non-hydrogen) atoms. The summed E-state index contributed by atoms with van der Waals surface area (Å²) in [4.78, 5) is 8.72. The average Bonchev–Trinajstić information content (AvgIpc) is 3.33. The second-order valence-corrected chi connectivity index (χ2v) is 6.27. The molecule has 0 atom stereocenters. The van der Waals surface area contributed by atoms with Gasteiger partial charge in [-0.2, -0.15) is 10.4 Å². The topological polar surface area (TPSA) is 87.5 Å². The first-order chi connectivity index (χ1) is 12.2. The molecule has 1 aliphatic carbocycles. The SMILES string of the molecule is Cc1cc(-c2nc(-c3ccc(OCC4CC4)c(C#N)c3)n[nH]2)ccn1. The summed E-state index contributed by atoms with van der Waals surface area (Å²) in [6.45, 7) is 2.61. The van der Waals surface area contributed by atoms with Crippen LogP contribution in [0.5, 0.6) is 5.75 Å². The molecule has 1 fully saturated rings. The monoisotopic (exact) mass is 331 g/mol. The number of rotatable bonds is 5. The Bertz CT molecular complexity index is 952. The number of nitrogens with zero attached hydrogens (tertiary/aromatic N) is 4. The summed E-state index contributed by atoms with van der Waals surface area (Å²) in [6, 6.07) is 11.5. The Kier molecular flexibility index (Phi) is 3.90. The summed E-state index contributed by atoms with van der Waals surface area (Å²) in [5.41, 5.74) is 3.13. The molecular weight excluding hydrogens is 314 g/mol. The van der Waals surface area contributed by atoms with Crippen LogP contribution in [0.2, 0.25) is 0 Å². The van der Waals surface area contributed by atoms with E-state index in [1.807, 2.05) is 31.2 Å². The van der Waals surface area contributed by atoms with Crippen molar-refractivity contribution in [1.82, 2.24) is 20.2 Å². The third-order valence-electron chi connectivity index (χ3n) is 4.19. The Morgan fingerprint density at radius 2 is 2.12 bits per heavy atom. The van der Waals surface area contributed by atoms with Gasteiger partial charge in [0, 0.05) is 23.0 Å². The molecule has 1 N–H and O–H groups in total. The van der Waals surface area contributed by atoms with Crippen molar-refractivity contribution in [3.05, 3.63) is 47.8 Å². The number of benzene rings is 1. The van der Waals surface area contributed by atoms with Gasteiger partial charge in [0.15, 0.2) is 11.6 Å². The van der Waals surface area contributed by atoms with E-state index in [-0.39, 0.29) is 0 Å². The van der Waals surface area contributed by atoms with Crippen LogP contribution in [0.4, 0.5) is 0 Å². The minimum atomic E-state index is 0.504. The highest BCUT2D eigenvalue weighted by Gasteiger charge is 2.22. The van der Waals surface area contributed by atoms with Gasteiger partial charge >= 0.3 is 0 Å². The fraction of sp³-hybridized carbons (Fsp3) is 0.263. The molecule has 3 aromatic rings. The number of hydrogen-bond donors (Lipinski definition) is 1. The first kappa shape index (κ1) is 15.3. The van der Waals surface area contributed by atoms with Crippen molar-refractivity contribution in [2.45, 2.75) is 19.8 Å². The lowest BCUT2D eigenvalue weighted by Crippen LogP contribution is -2.00. The van der Waals surface area contributed by atoms with Crippen LogP contribution in [-0.2, 0) is 0 Å². The van der Waals surface area contributed by atoms with Crippen molar-refractivity contribution < 1.29 is 4.74 Å². The van der Waals surface area contributed by atoms with Gasteiger partial charge in [0.25, 0.3) is 0 Å². The highest BCUT2D eigenvalue weighted by molar-refractivity contribution is 5.64. The third kappa shape index (κ3) is 3.36. The van der Waals surface area contributed by atoms with Crippen molar-refractivity contribution in [3.8, 4) is 34.6 Å². The molecule has 124 valence electrons. The molecule has 2 heterocycles. The zero-order chi connectivity index (χ0) is 17.2. The van der Waals surface area contributed by atoms with E-state index < -0.39 is 0 Å². The molecule has 0 saturated heterocycles. The van der Waals surface area contributed by atoms with E-state index >= 15 is 0 Å². The fourth-order valence-corrected chi connectivity index (χ4v) is 2.59. The van der Waals surface area contributed by atoms with Crippen LogP contribution in [0.1, 0.15) is 24.1 Å². The van der Waals surface area contributed by atoms with Gasteiger partial charge in [-0.05, 0) is 56.0 Å². The van der Waals surface area contributed by atoms with E-state index in [2.05, 4.69) is 26.2 Å². The van der Waals surface area contributed by atoms with E-state index in [9.17, 15) is 5.26 Å². The summed E-state index contributed by atoms with van der Waals surface area (Å²) < 4.78 is 5.75. The molecule has 6 heteroatoms. The number of ether oxygens (including phenoxy) is 1. The molecular formula is C19H17N5O. The average molecular weight is 331 g/mol. The lowest BCUT2D eigenvalue weighted by Gasteiger charge is -2.07. The number of nitriles is 1. The molecule has 0 unspecified atom stereocenters. The number of H-pyrrole nitrogens is 1. The van der Waals surface area contributed by atoms with Crippen LogP contribution in [0.25, 0.3) is 22.8 Å².